The van der Waals surface area contributed by atoms with Gasteiger partial charge >= 0.3 is 0 Å². The number of rotatable bonds is 8. The van der Waals surface area contributed by atoms with E-state index in [1.807, 2.05) is 33.2 Å². The molecule has 1 aromatic rings. The number of ether oxygens (including phenoxy) is 2. The van der Waals surface area contributed by atoms with Gasteiger partial charge < -0.3 is 9.47 Å². The van der Waals surface area contributed by atoms with Gasteiger partial charge in [-0.2, -0.15) is 5.10 Å². The molecule has 1 aromatic heterocycles. The number of aryl methyl sites for hydroxylation is 1. The van der Waals surface area contributed by atoms with Crippen LogP contribution in [0, 0.1) is 0 Å². The van der Waals surface area contributed by atoms with E-state index in [2.05, 4.69) is 10.5 Å². The minimum Gasteiger partial charge on any atom is -0.351 e. The molecule has 17 heavy (non-hydrogen) atoms. The van der Waals surface area contributed by atoms with Gasteiger partial charge in [-0.1, -0.05) is 0 Å². The van der Waals surface area contributed by atoms with Crippen molar-refractivity contribution in [2.75, 3.05) is 13.2 Å². The van der Waals surface area contributed by atoms with Crippen LogP contribution in [0.2, 0.25) is 0 Å². The van der Waals surface area contributed by atoms with Gasteiger partial charge in [-0.25, -0.2) is 0 Å². The summed E-state index contributed by atoms with van der Waals surface area (Å²) in [7, 11) is 1.89. The molecule has 1 heterocycles. The standard InChI is InChI=1S/C11H22N4O2/c1-4-16-11(17-5-2)10(13-12)8-9-6-7-15(3)14-9/h6-7,10-11,13H,4-5,8,12H2,1-3H3. The Morgan fingerprint density at radius 1 is 1.41 bits per heavy atom. The van der Waals surface area contributed by atoms with Crippen LogP contribution >= 0.6 is 0 Å². The number of aromatic nitrogens is 2. The van der Waals surface area contributed by atoms with E-state index in [0.29, 0.717) is 19.6 Å². The van der Waals surface area contributed by atoms with Crippen LogP contribution in [-0.2, 0) is 22.9 Å². The van der Waals surface area contributed by atoms with Crippen molar-refractivity contribution in [1.29, 1.82) is 0 Å². The summed E-state index contributed by atoms with van der Waals surface area (Å²) in [4.78, 5) is 0. The fourth-order valence-electron chi connectivity index (χ4n) is 1.64. The number of hydrazine groups is 1. The summed E-state index contributed by atoms with van der Waals surface area (Å²) in [5, 5.41) is 4.31. The van der Waals surface area contributed by atoms with Gasteiger partial charge in [0, 0.05) is 32.9 Å². The second-order valence-electron chi connectivity index (χ2n) is 3.74. The molecular weight excluding hydrogens is 220 g/mol. The summed E-state index contributed by atoms with van der Waals surface area (Å²) in [5.74, 6) is 5.54. The third-order valence-corrected chi connectivity index (χ3v) is 2.40. The fraction of sp³-hybridized carbons (Fsp3) is 0.727. The highest BCUT2D eigenvalue weighted by Crippen LogP contribution is 2.08. The Bertz CT molecular complexity index is 310. The van der Waals surface area contributed by atoms with Crippen LogP contribution in [0.4, 0.5) is 0 Å². The first-order valence-corrected chi connectivity index (χ1v) is 5.89. The maximum Gasteiger partial charge on any atom is 0.174 e. The molecular formula is C11H22N4O2. The molecule has 0 amide bonds. The van der Waals surface area contributed by atoms with Crippen LogP contribution in [0.3, 0.4) is 0 Å². The van der Waals surface area contributed by atoms with Crippen LogP contribution in [0.25, 0.3) is 0 Å². The molecule has 0 bridgehead atoms. The Hall–Kier alpha value is -0.950. The van der Waals surface area contributed by atoms with Gasteiger partial charge in [-0.3, -0.25) is 16.0 Å². The van der Waals surface area contributed by atoms with E-state index in [-0.39, 0.29) is 12.3 Å². The van der Waals surface area contributed by atoms with Gasteiger partial charge in [-0.05, 0) is 19.9 Å². The third kappa shape index (κ3) is 4.43. The Labute approximate surface area is 102 Å². The van der Waals surface area contributed by atoms with Crippen LogP contribution in [0.15, 0.2) is 12.3 Å². The largest absolute Gasteiger partial charge is 0.351 e. The van der Waals surface area contributed by atoms with Crippen molar-refractivity contribution in [2.45, 2.75) is 32.6 Å². The number of hydrogen-bond acceptors (Lipinski definition) is 5. The second kappa shape index (κ2) is 7.39. The van der Waals surface area contributed by atoms with E-state index in [1.165, 1.54) is 0 Å². The molecule has 1 rings (SSSR count). The highest BCUT2D eigenvalue weighted by atomic mass is 16.7. The van der Waals surface area contributed by atoms with Gasteiger partial charge in [0.15, 0.2) is 6.29 Å². The number of nitrogens with zero attached hydrogens (tertiary/aromatic N) is 2. The molecule has 1 atom stereocenters. The molecule has 98 valence electrons. The van der Waals surface area contributed by atoms with Crippen LogP contribution in [0.5, 0.6) is 0 Å². The quantitative estimate of drug-likeness (QED) is 0.387. The number of hydrogen-bond donors (Lipinski definition) is 2. The van der Waals surface area contributed by atoms with Gasteiger partial charge in [0.05, 0.1) is 11.7 Å². The lowest BCUT2D eigenvalue weighted by Gasteiger charge is -2.25. The zero-order chi connectivity index (χ0) is 12.7. The lowest BCUT2D eigenvalue weighted by atomic mass is 10.1. The Kier molecular flexibility index (Phi) is 6.13. The fourth-order valence-corrected chi connectivity index (χ4v) is 1.64. The number of nitrogens with one attached hydrogen (secondary N) is 1. The zero-order valence-corrected chi connectivity index (χ0v) is 10.7. The molecule has 0 radical (unpaired) electrons. The predicted molar refractivity (Wildman–Crippen MR) is 65.1 cm³/mol. The van der Waals surface area contributed by atoms with Gasteiger partial charge in [-0.15, -0.1) is 0 Å². The van der Waals surface area contributed by atoms with E-state index in [0.717, 1.165) is 5.69 Å². The monoisotopic (exact) mass is 242 g/mol. The van der Waals surface area contributed by atoms with Crippen molar-refractivity contribution in [3.63, 3.8) is 0 Å². The topological polar surface area (TPSA) is 74.3 Å². The summed E-state index contributed by atoms with van der Waals surface area (Å²) >= 11 is 0. The molecule has 6 nitrogen and oxygen atoms in total. The second-order valence-corrected chi connectivity index (χ2v) is 3.74. The Morgan fingerprint density at radius 3 is 2.47 bits per heavy atom. The molecule has 0 aliphatic carbocycles. The molecule has 1 unspecified atom stereocenters. The highest BCUT2D eigenvalue weighted by molar-refractivity contribution is 5.01. The van der Waals surface area contributed by atoms with Crippen molar-refractivity contribution in [3.05, 3.63) is 18.0 Å². The Balaban J connectivity index is 2.61. The van der Waals surface area contributed by atoms with E-state index in [4.69, 9.17) is 15.3 Å². The van der Waals surface area contributed by atoms with Crippen LogP contribution in [0.1, 0.15) is 19.5 Å². The number of nitrogens with two attached hydrogens (primary N) is 1. The average molecular weight is 242 g/mol. The van der Waals surface area contributed by atoms with Crippen molar-refractivity contribution in [1.82, 2.24) is 15.2 Å². The summed E-state index contributed by atoms with van der Waals surface area (Å²) in [5.41, 5.74) is 3.69. The summed E-state index contributed by atoms with van der Waals surface area (Å²) in [6.45, 7) is 5.04. The molecule has 0 saturated heterocycles. The van der Waals surface area contributed by atoms with Crippen LogP contribution < -0.4 is 11.3 Å². The first kappa shape index (κ1) is 14.1. The van der Waals surface area contributed by atoms with Gasteiger partial charge in [0.2, 0.25) is 0 Å². The minimum absolute atomic E-state index is 0.107. The molecule has 0 spiro atoms. The first-order valence-electron chi connectivity index (χ1n) is 5.89. The van der Waals surface area contributed by atoms with Crippen molar-refractivity contribution in [2.24, 2.45) is 12.9 Å². The predicted octanol–water partition coefficient (Wildman–Crippen LogP) is 0.194. The zero-order valence-electron chi connectivity index (χ0n) is 10.7. The van der Waals surface area contributed by atoms with E-state index in [1.54, 1.807) is 4.68 Å². The van der Waals surface area contributed by atoms with E-state index in [9.17, 15) is 0 Å². The maximum atomic E-state index is 5.54. The normalized spacial score (nSPS) is 13.2. The minimum atomic E-state index is -0.350. The molecule has 3 N–H and O–H groups in total. The molecule has 0 saturated carbocycles. The average Bonchev–Trinajstić information content (AvgIpc) is 2.72. The van der Waals surface area contributed by atoms with Crippen LogP contribution in [-0.4, -0.2) is 35.3 Å². The lowest BCUT2D eigenvalue weighted by Crippen LogP contribution is -2.48. The Morgan fingerprint density at radius 2 is 2.06 bits per heavy atom. The summed E-state index contributed by atoms with van der Waals surface area (Å²) in [6.07, 6.45) is 2.22. The molecule has 0 aliphatic rings. The molecule has 0 fully saturated rings. The van der Waals surface area contributed by atoms with Crippen molar-refractivity contribution >= 4 is 0 Å². The summed E-state index contributed by atoms with van der Waals surface area (Å²) in [6, 6.07) is 1.85. The van der Waals surface area contributed by atoms with Gasteiger partial charge in [0.1, 0.15) is 0 Å². The first-order chi connectivity index (χ1) is 8.21. The highest BCUT2D eigenvalue weighted by Gasteiger charge is 2.22. The smallest absolute Gasteiger partial charge is 0.174 e. The van der Waals surface area contributed by atoms with Crippen molar-refractivity contribution in [3.8, 4) is 0 Å². The molecule has 0 aromatic carbocycles. The third-order valence-electron chi connectivity index (χ3n) is 2.40. The van der Waals surface area contributed by atoms with E-state index >= 15 is 0 Å². The van der Waals surface area contributed by atoms with Crippen molar-refractivity contribution < 1.29 is 9.47 Å². The molecule has 6 heteroatoms. The van der Waals surface area contributed by atoms with Gasteiger partial charge in [0.25, 0.3) is 0 Å². The molecule has 0 aliphatic heterocycles. The van der Waals surface area contributed by atoms with E-state index < -0.39 is 0 Å². The summed E-state index contributed by atoms with van der Waals surface area (Å²) < 4.78 is 12.8. The maximum absolute atomic E-state index is 5.54. The lowest BCUT2D eigenvalue weighted by molar-refractivity contribution is -0.153. The SMILES string of the molecule is CCOC(OCC)C(Cc1ccn(C)n1)NN.